The van der Waals surface area contributed by atoms with Gasteiger partial charge >= 0.3 is 6.01 Å². The van der Waals surface area contributed by atoms with Gasteiger partial charge in [0.15, 0.2) is 0 Å². The number of phenolic OH excluding ortho intramolecular Hbond substituents is 1. The van der Waals surface area contributed by atoms with Gasteiger partial charge in [0.2, 0.25) is 0 Å². The molecule has 2 aromatic heterocycles. The number of halogens is 1. The number of aromatic nitrogens is 3. The van der Waals surface area contributed by atoms with Crippen LogP contribution in [0.3, 0.4) is 0 Å². The highest BCUT2D eigenvalue weighted by molar-refractivity contribution is 5.95. The van der Waals surface area contributed by atoms with Crippen molar-refractivity contribution in [2.24, 2.45) is 0 Å². The summed E-state index contributed by atoms with van der Waals surface area (Å²) >= 11 is 0. The van der Waals surface area contributed by atoms with Gasteiger partial charge in [-0.3, -0.25) is 9.36 Å². The average molecular weight is 564 g/mol. The Labute approximate surface area is 244 Å². The molecule has 0 aliphatic carbocycles. The summed E-state index contributed by atoms with van der Waals surface area (Å²) in [6.45, 7) is -1.64. The minimum atomic E-state index is -2.51. The van der Waals surface area contributed by atoms with Crippen LogP contribution in [-0.4, -0.2) is 75.8 Å². The number of likely N-dealkylation sites (tertiary alicyclic amines) is 1. The van der Waals surface area contributed by atoms with Crippen molar-refractivity contribution >= 4 is 27.5 Å². The first kappa shape index (κ1) is 21.0. The second-order valence-electron chi connectivity index (χ2n) is 11.1. The van der Waals surface area contributed by atoms with Gasteiger partial charge in [-0.15, -0.1) is 0 Å². The fourth-order valence-electron chi connectivity index (χ4n) is 6.53. The first-order valence-electron chi connectivity index (χ1n) is 16.7. The predicted molar refractivity (Wildman–Crippen MR) is 157 cm³/mol. The summed E-state index contributed by atoms with van der Waals surface area (Å²) in [4.78, 5) is 26.7. The van der Waals surface area contributed by atoms with Crippen LogP contribution in [0.15, 0.2) is 41.3 Å². The van der Waals surface area contributed by atoms with E-state index in [0.717, 1.165) is 24.3 Å². The number of aromatic hydroxyl groups is 1. The second kappa shape index (κ2) is 10.3. The molecule has 41 heavy (non-hydrogen) atoms. The van der Waals surface area contributed by atoms with Crippen molar-refractivity contribution in [2.75, 3.05) is 38.1 Å². The van der Waals surface area contributed by atoms with Crippen LogP contribution in [0, 0.1) is 5.82 Å². The summed E-state index contributed by atoms with van der Waals surface area (Å²) in [5.74, 6) is -0.0996. The highest BCUT2D eigenvalue weighted by Crippen LogP contribution is 2.35. The van der Waals surface area contributed by atoms with Gasteiger partial charge in [0.05, 0.1) is 13.8 Å². The topological polar surface area (TPSA) is 95.8 Å². The number of phenols is 1. The van der Waals surface area contributed by atoms with E-state index in [1.165, 1.54) is 22.8 Å². The molecule has 4 aromatic rings. The van der Waals surface area contributed by atoms with E-state index >= 15 is 0 Å². The van der Waals surface area contributed by atoms with Gasteiger partial charge in [0.1, 0.15) is 29.5 Å². The monoisotopic (exact) mass is 563 g/mol. The Hall–Kier alpha value is -3.76. The van der Waals surface area contributed by atoms with E-state index in [9.17, 15) is 14.3 Å². The largest absolute Gasteiger partial charge is 0.508 e. The number of hydrogen-bond donors (Lipinski definition) is 2. The Morgan fingerprint density at radius 1 is 1.24 bits per heavy atom. The average Bonchev–Trinajstić information content (AvgIpc) is 3.54. The van der Waals surface area contributed by atoms with E-state index in [1.807, 2.05) is 6.92 Å². The number of nitrogens with one attached hydrogen (secondary N) is 1. The number of fused-ring (bicyclic) bond motifs is 5. The molecule has 214 valence electrons. The van der Waals surface area contributed by atoms with Crippen molar-refractivity contribution in [2.45, 2.75) is 57.2 Å². The number of piperidine rings is 2. The Morgan fingerprint density at radius 3 is 2.90 bits per heavy atom. The van der Waals surface area contributed by atoms with Crippen molar-refractivity contribution in [3.8, 4) is 17.4 Å². The third-order valence-electron chi connectivity index (χ3n) is 8.62. The first-order chi connectivity index (χ1) is 21.9. The molecule has 2 N–H and O–H groups in total. The van der Waals surface area contributed by atoms with Crippen molar-refractivity contribution < 1.29 is 21.1 Å². The summed E-state index contributed by atoms with van der Waals surface area (Å²) < 4.78 is 63.4. The Morgan fingerprint density at radius 2 is 2.15 bits per heavy atom. The number of pyridine rings is 1. The maximum absolute atomic E-state index is 15.0. The smallest absolute Gasteiger partial charge is 0.319 e. The number of hydrogen-bond acceptors (Lipinski definition) is 8. The summed E-state index contributed by atoms with van der Waals surface area (Å²) in [5, 5.41) is 15.6. The SMILES string of the molecule is [2H]C([2H])(Oc1nc(N2CC3CCC2CN3)c2ccn(-c3cc(O)cc4ccc(F)c(CC)c34)c(=O)c2n1)[C@@H]1CCCN1C([2H])([2H])[2H]. The molecule has 3 atom stereocenters. The maximum atomic E-state index is 15.0. The molecule has 2 bridgehead atoms. The number of piperazine rings is 1. The van der Waals surface area contributed by atoms with Gasteiger partial charge in [0, 0.05) is 53.0 Å². The lowest BCUT2D eigenvalue weighted by Gasteiger charge is -2.46. The molecule has 0 radical (unpaired) electrons. The molecular weight excluding hydrogens is 523 g/mol. The Bertz CT molecular complexity index is 1900. The Kier molecular flexibility index (Phi) is 5.26. The molecule has 0 spiro atoms. The maximum Gasteiger partial charge on any atom is 0.319 e. The summed E-state index contributed by atoms with van der Waals surface area (Å²) in [6, 6.07) is 6.37. The molecular formula is C31H35FN6O3. The quantitative estimate of drug-likeness (QED) is 0.366. The fraction of sp³-hybridized carbons (Fsp3) is 0.452. The third-order valence-corrected chi connectivity index (χ3v) is 8.62. The lowest BCUT2D eigenvalue weighted by molar-refractivity contribution is 0.188. The lowest BCUT2D eigenvalue weighted by atomic mass is 9.93. The summed E-state index contributed by atoms with van der Waals surface area (Å²) in [7, 11) is 0. The molecule has 2 unspecified atom stereocenters. The van der Waals surface area contributed by atoms with Gasteiger partial charge in [-0.2, -0.15) is 9.97 Å². The van der Waals surface area contributed by atoms with E-state index < -0.39 is 31.0 Å². The third kappa shape index (κ3) is 4.49. The highest BCUT2D eigenvalue weighted by Gasteiger charge is 2.35. The second-order valence-corrected chi connectivity index (χ2v) is 11.1. The first-order valence-corrected chi connectivity index (χ1v) is 14.2. The molecule has 0 saturated carbocycles. The minimum absolute atomic E-state index is 0.0438. The number of nitrogens with zero attached hydrogens (tertiary/aromatic N) is 5. The number of benzene rings is 2. The molecule has 0 amide bonds. The van der Waals surface area contributed by atoms with Gasteiger partial charge in [-0.05, 0) is 74.8 Å². The molecule has 4 aliphatic rings. The van der Waals surface area contributed by atoms with Gasteiger partial charge in [-0.25, -0.2) is 4.39 Å². The molecule has 6 heterocycles. The molecule has 2 aromatic carbocycles. The molecule has 8 rings (SSSR count). The molecule has 4 fully saturated rings. The normalized spacial score (nSPS) is 25.2. The van der Waals surface area contributed by atoms with Crippen molar-refractivity contribution in [1.29, 1.82) is 0 Å². The van der Waals surface area contributed by atoms with Crippen LogP contribution < -0.4 is 20.5 Å². The molecule has 10 heteroatoms. The van der Waals surface area contributed by atoms with Crippen LogP contribution in [0.4, 0.5) is 10.2 Å². The fourth-order valence-corrected chi connectivity index (χ4v) is 6.53. The van der Waals surface area contributed by atoms with E-state index in [1.54, 1.807) is 18.3 Å². The zero-order chi connectivity index (χ0) is 32.5. The van der Waals surface area contributed by atoms with Crippen LogP contribution in [0.5, 0.6) is 11.8 Å². The van der Waals surface area contributed by atoms with E-state index in [0.29, 0.717) is 46.9 Å². The van der Waals surface area contributed by atoms with Gasteiger partial charge in [0.25, 0.3) is 5.56 Å². The highest BCUT2D eigenvalue weighted by atomic mass is 19.1. The van der Waals surface area contributed by atoms with Crippen LogP contribution in [0.2, 0.25) is 0 Å². The summed E-state index contributed by atoms with van der Waals surface area (Å²) in [6.07, 6.45) is 4.57. The van der Waals surface area contributed by atoms with Crippen LogP contribution >= 0.6 is 0 Å². The van der Waals surface area contributed by atoms with E-state index in [-0.39, 0.29) is 48.0 Å². The van der Waals surface area contributed by atoms with E-state index in [4.69, 9.17) is 11.6 Å². The number of aryl methyl sites for hydroxylation is 1. The van der Waals surface area contributed by atoms with Crippen molar-refractivity contribution in [3.05, 3.63) is 58.3 Å². The van der Waals surface area contributed by atoms with Gasteiger partial charge in [-0.1, -0.05) is 13.0 Å². The van der Waals surface area contributed by atoms with Crippen molar-refractivity contribution in [3.63, 3.8) is 0 Å². The number of likely N-dealkylation sites (N-methyl/N-ethyl adjacent to an activating group) is 1. The number of rotatable bonds is 6. The van der Waals surface area contributed by atoms with Crippen LogP contribution in [0.25, 0.3) is 27.4 Å². The van der Waals surface area contributed by atoms with Gasteiger partial charge < -0.3 is 25.0 Å². The Balaban J connectivity index is 1.41. The minimum Gasteiger partial charge on any atom is -0.508 e. The predicted octanol–water partition coefficient (Wildman–Crippen LogP) is 3.75. The van der Waals surface area contributed by atoms with Crippen LogP contribution in [-0.2, 0) is 6.42 Å². The van der Waals surface area contributed by atoms with E-state index in [2.05, 4.69) is 20.2 Å². The summed E-state index contributed by atoms with van der Waals surface area (Å²) in [5.41, 5.74) is 0.0387. The lowest BCUT2D eigenvalue weighted by Crippen LogP contribution is -2.61. The molecule has 4 saturated heterocycles. The zero-order valence-corrected chi connectivity index (χ0v) is 22.7. The number of anilines is 1. The van der Waals surface area contributed by atoms with Crippen molar-refractivity contribution in [1.82, 2.24) is 24.8 Å². The number of ether oxygens (including phenoxy) is 1. The van der Waals surface area contributed by atoms with Crippen LogP contribution in [0.1, 0.15) is 45.0 Å². The molecule has 4 aliphatic heterocycles. The zero-order valence-electron chi connectivity index (χ0n) is 27.7. The standard InChI is InChI=1S/C31H35FN6O3/c1-3-23-25(32)9-6-18-13-22(39)14-26(27(18)23)37-12-10-24-28(30(37)40)34-31(41-17-21-5-4-11-36(21)2)35-29(24)38-16-19-7-8-20(38)15-33-19/h6,9-10,12-14,19-21,33,39H,3-5,7-8,11,15-17H2,1-2H3/t19?,20?,21-/m0/s1/i2D3,17D2. The molecule has 9 nitrogen and oxygen atoms in total.